The molecule has 6 rings (SSSR count). The average Bonchev–Trinajstić information content (AvgIpc) is 3.05. The van der Waals surface area contributed by atoms with Crippen LogP contribution in [0.4, 0.5) is 10.2 Å². The number of nitrogens with one attached hydrogen (secondary N) is 1. The lowest BCUT2D eigenvalue weighted by atomic mass is 9.84. The number of nitrogens with zero attached hydrogens (tertiary/aromatic N) is 3. The van der Waals surface area contributed by atoms with Crippen molar-refractivity contribution in [3.63, 3.8) is 0 Å². The molecular formula is C30H39FN4O2. The van der Waals surface area contributed by atoms with Crippen LogP contribution in [-0.4, -0.2) is 63.5 Å². The minimum atomic E-state index is -0.300. The van der Waals surface area contributed by atoms with Crippen molar-refractivity contribution in [2.75, 3.05) is 11.9 Å². The zero-order valence-electron chi connectivity index (χ0n) is 22.3. The van der Waals surface area contributed by atoms with Crippen molar-refractivity contribution < 1.29 is 13.9 Å². The summed E-state index contributed by atoms with van der Waals surface area (Å²) in [4.78, 5) is 21.8. The first-order valence-electron chi connectivity index (χ1n) is 14.1. The first-order chi connectivity index (χ1) is 17.8. The second kappa shape index (κ2) is 9.90. The Bertz CT molecular complexity index is 1200. The molecule has 6 nitrogen and oxygen atoms in total. The number of hydrogen-bond acceptors (Lipinski definition) is 5. The van der Waals surface area contributed by atoms with E-state index in [2.05, 4.69) is 21.2 Å². The molecule has 1 amide bonds. The fourth-order valence-corrected chi connectivity index (χ4v) is 7.41. The number of benzene rings is 1. The summed E-state index contributed by atoms with van der Waals surface area (Å²) >= 11 is 0. The fraction of sp³-hybridized carbons (Fsp3) is 0.600. The fourth-order valence-electron chi connectivity index (χ4n) is 7.41. The van der Waals surface area contributed by atoms with Crippen LogP contribution in [0.1, 0.15) is 72.1 Å². The zero-order valence-corrected chi connectivity index (χ0v) is 22.3. The van der Waals surface area contributed by atoms with Crippen molar-refractivity contribution in [3.8, 4) is 5.75 Å². The summed E-state index contributed by atoms with van der Waals surface area (Å²) in [7, 11) is 0. The number of aromatic nitrogens is 1. The Hall–Kier alpha value is -2.67. The van der Waals surface area contributed by atoms with Crippen molar-refractivity contribution in [1.82, 2.24) is 14.8 Å². The molecule has 0 spiro atoms. The Labute approximate surface area is 219 Å². The maximum Gasteiger partial charge on any atom is 0.220 e. The molecule has 2 aromatic rings. The van der Waals surface area contributed by atoms with Gasteiger partial charge in [0.25, 0.3) is 0 Å². The van der Waals surface area contributed by atoms with E-state index in [4.69, 9.17) is 9.72 Å². The molecule has 3 fully saturated rings. The lowest BCUT2D eigenvalue weighted by Crippen LogP contribution is -2.53. The molecule has 3 unspecified atom stereocenters. The van der Waals surface area contributed by atoms with E-state index in [1.54, 1.807) is 6.92 Å². The van der Waals surface area contributed by atoms with Crippen molar-refractivity contribution in [2.45, 2.75) is 108 Å². The number of pyridine rings is 1. The van der Waals surface area contributed by atoms with E-state index in [-0.39, 0.29) is 17.8 Å². The van der Waals surface area contributed by atoms with Crippen LogP contribution in [0.2, 0.25) is 0 Å². The lowest BCUT2D eigenvalue weighted by Gasteiger charge is -2.46. The Morgan fingerprint density at radius 3 is 2.62 bits per heavy atom. The van der Waals surface area contributed by atoms with Crippen molar-refractivity contribution >= 4 is 22.6 Å². The molecule has 1 N–H and O–H groups in total. The summed E-state index contributed by atoms with van der Waals surface area (Å²) in [6.45, 7) is 6.64. The zero-order chi connectivity index (χ0) is 25.7. The molecule has 7 heteroatoms. The van der Waals surface area contributed by atoms with Crippen molar-refractivity contribution in [2.24, 2.45) is 0 Å². The minimum Gasteiger partial charge on any atom is -0.491 e. The Morgan fingerprint density at radius 1 is 1.14 bits per heavy atom. The van der Waals surface area contributed by atoms with E-state index in [0.29, 0.717) is 46.9 Å². The molecule has 4 bridgehead atoms. The number of carbonyl (C=O) groups is 1. The Balaban J connectivity index is 1.12. The summed E-state index contributed by atoms with van der Waals surface area (Å²) in [5.41, 5.74) is 2.16. The maximum atomic E-state index is 14.6. The number of carbonyl (C=O) groups excluding carboxylic acids is 1. The van der Waals surface area contributed by atoms with Gasteiger partial charge in [-0.15, -0.1) is 0 Å². The van der Waals surface area contributed by atoms with E-state index in [0.717, 1.165) is 44.5 Å². The predicted molar refractivity (Wildman–Crippen MR) is 144 cm³/mol. The van der Waals surface area contributed by atoms with E-state index in [1.165, 1.54) is 30.9 Å². The second-order valence-corrected chi connectivity index (χ2v) is 11.8. The first-order valence-corrected chi connectivity index (χ1v) is 14.1. The number of hydrogen-bond donors (Lipinski definition) is 1. The minimum absolute atomic E-state index is 0.0177. The van der Waals surface area contributed by atoms with Crippen LogP contribution in [0.15, 0.2) is 35.9 Å². The smallest absolute Gasteiger partial charge is 0.220 e. The molecule has 1 aromatic heterocycles. The van der Waals surface area contributed by atoms with Crippen LogP contribution in [0.25, 0.3) is 10.9 Å². The number of ether oxygens (including phenoxy) is 1. The molecule has 4 aliphatic rings. The van der Waals surface area contributed by atoms with Crippen molar-refractivity contribution in [1.29, 1.82) is 0 Å². The molecule has 0 radical (unpaired) electrons. The van der Waals surface area contributed by atoms with Crippen LogP contribution in [0, 0.1) is 5.82 Å². The quantitative estimate of drug-likeness (QED) is 0.512. The molecule has 37 heavy (non-hydrogen) atoms. The van der Waals surface area contributed by atoms with Crippen molar-refractivity contribution in [3.05, 3.63) is 41.7 Å². The van der Waals surface area contributed by atoms with Gasteiger partial charge in [-0.1, -0.05) is 11.6 Å². The summed E-state index contributed by atoms with van der Waals surface area (Å²) in [6.07, 6.45) is 11.6. The third-order valence-electron chi connectivity index (χ3n) is 8.80. The summed E-state index contributed by atoms with van der Waals surface area (Å²) in [5.74, 6) is 1.25. The van der Waals surface area contributed by atoms with Crippen LogP contribution in [0.5, 0.6) is 5.75 Å². The number of amides is 1. The van der Waals surface area contributed by atoms with Gasteiger partial charge in [0, 0.05) is 55.2 Å². The lowest BCUT2D eigenvalue weighted by molar-refractivity contribution is -0.135. The van der Waals surface area contributed by atoms with Gasteiger partial charge < -0.3 is 15.0 Å². The number of halogens is 1. The maximum absolute atomic E-state index is 14.6. The van der Waals surface area contributed by atoms with Gasteiger partial charge in [0.2, 0.25) is 5.91 Å². The van der Waals surface area contributed by atoms with Crippen LogP contribution >= 0.6 is 0 Å². The number of piperidine rings is 2. The molecule has 4 aliphatic heterocycles. The van der Waals surface area contributed by atoms with E-state index < -0.39 is 0 Å². The van der Waals surface area contributed by atoms with E-state index in [9.17, 15) is 9.18 Å². The van der Waals surface area contributed by atoms with Crippen LogP contribution in [0.3, 0.4) is 0 Å². The highest BCUT2D eigenvalue weighted by Gasteiger charge is 2.42. The highest BCUT2D eigenvalue weighted by atomic mass is 19.1. The number of fused-ring (bicyclic) bond motifs is 5. The molecule has 0 aliphatic carbocycles. The standard InChI is InChI=1S/C30H39FN4O2/c1-18(2)37-26-15-28(31)27-9-10-30(33-29(27)16-26)32-21-13-22-7-8-23(14-21)34(22)17-20-11-24-5-4-6-25(12-20)35(24)19(3)36/h9-11,15-16,18,21-25H,4-8,12-14,17H2,1-3H3,(H,32,33)/t21?,22-,23+,24?,25?. The van der Waals surface area contributed by atoms with Gasteiger partial charge in [-0.25, -0.2) is 9.37 Å². The van der Waals surface area contributed by atoms with Gasteiger partial charge >= 0.3 is 0 Å². The number of anilines is 1. The molecule has 1 aromatic carbocycles. The molecule has 3 saturated heterocycles. The summed E-state index contributed by atoms with van der Waals surface area (Å²) in [5, 5.41) is 4.19. The van der Waals surface area contributed by atoms with Crippen LogP contribution in [-0.2, 0) is 4.79 Å². The molecule has 198 valence electrons. The monoisotopic (exact) mass is 506 g/mol. The molecule has 5 atom stereocenters. The van der Waals surface area contributed by atoms with Gasteiger partial charge in [0.15, 0.2) is 0 Å². The van der Waals surface area contributed by atoms with E-state index in [1.807, 2.05) is 32.0 Å². The van der Waals surface area contributed by atoms with E-state index >= 15 is 0 Å². The first kappa shape index (κ1) is 24.7. The van der Waals surface area contributed by atoms with Gasteiger partial charge in [0.05, 0.1) is 17.7 Å². The molecule has 0 saturated carbocycles. The largest absolute Gasteiger partial charge is 0.491 e. The summed E-state index contributed by atoms with van der Waals surface area (Å²) in [6, 6.07) is 9.20. The Kier molecular flexibility index (Phi) is 6.59. The second-order valence-electron chi connectivity index (χ2n) is 11.8. The Morgan fingerprint density at radius 2 is 1.92 bits per heavy atom. The predicted octanol–water partition coefficient (Wildman–Crippen LogP) is 5.67. The SMILES string of the molecule is CC(=O)N1C2C=C(CN3[C@@H]4CC[C@H]3CC(Nc3ccc5c(F)cc(OC(C)C)cc5n3)C4)CC1CCC2. The third-order valence-corrected chi connectivity index (χ3v) is 8.80. The average molecular weight is 507 g/mol. The molecule has 5 heterocycles. The van der Waals surface area contributed by atoms with Gasteiger partial charge in [-0.2, -0.15) is 0 Å². The highest BCUT2D eigenvalue weighted by molar-refractivity contribution is 5.82. The normalized spacial score (nSPS) is 29.5. The third kappa shape index (κ3) is 4.95. The number of rotatable bonds is 6. The van der Waals surface area contributed by atoms with Crippen LogP contribution < -0.4 is 10.1 Å². The highest BCUT2D eigenvalue weighted by Crippen LogP contribution is 2.40. The van der Waals surface area contributed by atoms with Gasteiger partial charge in [-0.05, 0) is 77.3 Å². The summed E-state index contributed by atoms with van der Waals surface area (Å²) < 4.78 is 20.3. The van der Waals surface area contributed by atoms with Gasteiger partial charge in [0.1, 0.15) is 17.4 Å². The van der Waals surface area contributed by atoms with Gasteiger partial charge in [-0.3, -0.25) is 9.69 Å². The topological polar surface area (TPSA) is 57.7 Å². The molecular weight excluding hydrogens is 467 g/mol.